The van der Waals surface area contributed by atoms with Crippen LogP contribution in [0.5, 0.6) is 0 Å². The molecule has 0 N–H and O–H groups in total. The van der Waals surface area contributed by atoms with E-state index in [1.54, 1.807) is 0 Å². The molecule has 2 atom stereocenters. The maximum atomic E-state index is 4.79. The molecule has 0 fully saturated rings. The van der Waals surface area contributed by atoms with Gasteiger partial charge in [-0.2, -0.15) is 0 Å². The Balaban J connectivity index is 2.31. The van der Waals surface area contributed by atoms with Crippen LogP contribution in [0, 0.1) is 0 Å². The van der Waals surface area contributed by atoms with Crippen LogP contribution in [0.1, 0.15) is 155 Å². The van der Waals surface area contributed by atoms with Crippen molar-refractivity contribution < 1.29 is 0 Å². The Hall–Kier alpha value is -0.790. The van der Waals surface area contributed by atoms with Crippen molar-refractivity contribution in [3.05, 3.63) is 18.2 Å². The molecule has 2 heteroatoms. The first-order valence-corrected chi connectivity index (χ1v) is 12.8. The van der Waals surface area contributed by atoms with Crippen LogP contribution in [0.25, 0.3) is 0 Å². The van der Waals surface area contributed by atoms with Crippen LogP contribution in [-0.4, -0.2) is 9.55 Å². The topological polar surface area (TPSA) is 17.8 Å². The molecule has 28 heavy (non-hydrogen) atoms. The molecule has 2 nitrogen and oxygen atoms in total. The largest absolute Gasteiger partial charge is 0.332 e. The van der Waals surface area contributed by atoms with Crippen LogP contribution in [0.4, 0.5) is 0 Å². The maximum absolute atomic E-state index is 4.79. The Morgan fingerprint density at radius 1 is 0.714 bits per heavy atom. The lowest BCUT2D eigenvalue weighted by molar-refractivity contribution is 0.425. The molecular weight excluding hydrogens is 340 g/mol. The summed E-state index contributed by atoms with van der Waals surface area (Å²) in [6.45, 7) is 9.32. The second-order valence-corrected chi connectivity index (χ2v) is 8.97. The second kappa shape index (κ2) is 17.1. The minimum atomic E-state index is 0.594. The van der Waals surface area contributed by atoms with E-state index < -0.39 is 0 Å². The van der Waals surface area contributed by atoms with Gasteiger partial charge in [0.15, 0.2) is 0 Å². The number of imidazole rings is 1. The molecular formula is C26H50N2. The van der Waals surface area contributed by atoms with E-state index in [9.17, 15) is 0 Å². The summed E-state index contributed by atoms with van der Waals surface area (Å²) >= 11 is 0. The van der Waals surface area contributed by atoms with Crippen LogP contribution >= 0.6 is 0 Å². The zero-order valence-corrected chi connectivity index (χ0v) is 19.7. The van der Waals surface area contributed by atoms with E-state index in [1.165, 1.54) is 115 Å². The van der Waals surface area contributed by atoms with Gasteiger partial charge in [0.05, 0.1) is 0 Å². The smallest absolute Gasteiger partial charge is 0.111 e. The molecule has 1 heterocycles. The predicted molar refractivity (Wildman–Crippen MR) is 125 cm³/mol. The van der Waals surface area contributed by atoms with Crippen molar-refractivity contribution in [2.24, 2.45) is 0 Å². The Kier molecular flexibility index (Phi) is 15.4. The van der Waals surface area contributed by atoms with Crippen LogP contribution in [0.2, 0.25) is 0 Å². The molecule has 0 aliphatic carbocycles. The molecule has 1 aromatic heterocycles. The fraction of sp³-hybridized carbons (Fsp3) is 0.885. The van der Waals surface area contributed by atoms with Crippen LogP contribution in [0.3, 0.4) is 0 Å². The normalized spacial score (nSPS) is 13.7. The van der Waals surface area contributed by atoms with Gasteiger partial charge < -0.3 is 4.57 Å². The summed E-state index contributed by atoms with van der Waals surface area (Å²) in [6.07, 6.45) is 27.6. The molecule has 0 aliphatic heterocycles. The summed E-state index contributed by atoms with van der Waals surface area (Å²) in [7, 11) is 0. The molecule has 1 rings (SSSR count). The van der Waals surface area contributed by atoms with E-state index in [0.29, 0.717) is 12.0 Å². The summed E-state index contributed by atoms with van der Waals surface area (Å²) in [6, 6.07) is 0.594. The van der Waals surface area contributed by atoms with E-state index in [2.05, 4.69) is 38.5 Å². The maximum Gasteiger partial charge on any atom is 0.111 e. The van der Waals surface area contributed by atoms with Gasteiger partial charge in [-0.05, 0) is 26.2 Å². The van der Waals surface area contributed by atoms with Gasteiger partial charge in [-0.15, -0.1) is 0 Å². The van der Waals surface area contributed by atoms with Crippen molar-refractivity contribution in [2.45, 2.75) is 149 Å². The lowest BCUT2D eigenvalue weighted by Crippen LogP contribution is -2.12. The Morgan fingerprint density at radius 2 is 1.21 bits per heavy atom. The highest BCUT2D eigenvalue weighted by Crippen LogP contribution is 2.28. The molecule has 0 saturated carbocycles. The third-order valence-corrected chi connectivity index (χ3v) is 6.41. The highest BCUT2D eigenvalue weighted by atomic mass is 15.1. The minimum absolute atomic E-state index is 0.594. The van der Waals surface area contributed by atoms with E-state index >= 15 is 0 Å². The second-order valence-electron chi connectivity index (χ2n) is 8.97. The summed E-state index contributed by atoms with van der Waals surface area (Å²) < 4.78 is 2.49. The van der Waals surface area contributed by atoms with Crippen LogP contribution in [-0.2, 0) is 0 Å². The number of nitrogens with zero attached hydrogens (tertiary/aromatic N) is 2. The third kappa shape index (κ3) is 10.7. The fourth-order valence-electron chi connectivity index (χ4n) is 4.41. The Morgan fingerprint density at radius 3 is 1.75 bits per heavy atom. The monoisotopic (exact) mass is 390 g/mol. The molecule has 2 unspecified atom stereocenters. The molecule has 0 amide bonds. The standard InChI is InChI=1S/C26H50N2/c1-5-8-10-12-14-16-18-20-24(4)28-23-22-27-26(28)25(7-3)21-19-17-15-13-11-9-6-2/h22-25H,5-21H2,1-4H3. The van der Waals surface area contributed by atoms with Crippen molar-refractivity contribution in [3.8, 4) is 0 Å². The van der Waals surface area contributed by atoms with E-state index in [0.717, 1.165) is 0 Å². The zero-order chi connectivity index (χ0) is 20.5. The molecule has 0 aromatic carbocycles. The van der Waals surface area contributed by atoms with Crippen molar-refractivity contribution in [1.82, 2.24) is 9.55 Å². The van der Waals surface area contributed by atoms with Gasteiger partial charge in [0.2, 0.25) is 0 Å². The number of hydrogen-bond donors (Lipinski definition) is 0. The fourth-order valence-corrected chi connectivity index (χ4v) is 4.41. The van der Waals surface area contributed by atoms with Crippen molar-refractivity contribution in [2.75, 3.05) is 0 Å². The zero-order valence-electron chi connectivity index (χ0n) is 19.7. The summed E-state index contributed by atoms with van der Waals surface area (Å²) in [5, 5.41) is 0. The van der Waals surface area contributed by atoms with Crippen molar-refractivity contribution in [3.63, 3.8) is 0 Å². The minimum Gasteiger partial charge on any atom is -0.332 e. The SMILES string of the molecule is CCCCCCCCCC(CC)c1nccn1C(C)CCCCCCCCC. The highest BCUT2D eigenvalue weighted by molar-refractivity contribution is 5.02. The van der Waals surface area contributed by atoms with Crippen molar-refractivity contribution in [1.29, 1.82) is 0 Å². The number of hydrogen-bond acceptors (Lipinski definition) is 1. The van der Waals surface area contributed by atoms with E-state index in [-0.39, 0.29) is 0 Å². The number of rotatable bonds is 19. The first-order chi connectivity index (χ1) is 13.7. The van der Waals surface area contributed by atoms with Gasteiger partial charge in [-0.3, -0.25) is 0 Å². The van der Waals surface area contributed by atoms with E-state index in [4.69, 9.17) is 4.98 Å². The summed E-state index contributed by atoms with van der Waals surface area (Å²) in [5.74, 6) is 1.99. The Bertz CT molecular complexity index is 451. The quantitative estimate of drug-likeness (QED) is 0.215. The van der Waals surface area contributed by atoms with E-state index in [1.807, 2.05) is 6.20 Å². The summed E-state index contributed by atoms with van der Waals surface area (Å²) in [4.78, 5) is 4.79. The third-order valence-electron chi connectivity index (χ3n) is 6.41. The average Bonchev–Trinajstić information content (AvgIpc) is 3.19. The molecule has 0 bridgehead atoms. The molecule has 0 spiro atoms. The van der Waals surface area contributed by atoms with Gasteiger partial charge in [-0.1, -0.05) is 111 Å². The van der Waals surface area contributed by atoms with Crippen molar-refractivity contribution >= 4 is 0 Å². The van der Waals surface area contributed by atoms with Crippen LogP contribution in [0.15, 0.2) is 12.4 Å². The first-order valence-electron chi connectivity index (χ1n) is 12.8. The lowest BCUT2D eigenvalue weighted by atomic mass is 9.96. The lowest BCUT2D eigenvalue weighted by Gasteiger charge is -2.21. The number of aromatic nitrogens is 2. The van der Waals surface area contributed by atoms with Crippen LogP contribution < -0.4 is 0 Å². The van der Waals surface area contributed by atoms with Gasteiger partial charge in [0.25, 0.3) is 0 Å². The van der Waals surface area contributed by atoms with Gasteiger partial charge in [0.1, 0.15) is 5.82 Å². The predicted octanol–water partition coefficient (Wildman–Crippen LogP) is 9.22. The Labute approximate surface area is 176 Å². The molecule has 164 valence electrons. The first kappa shape index (κ1) is 25.2. The van der Waals surface area contributed by atoms with Gasteiger partial charge in [0, 0.05) is 24.4 Å². The van der Waals surface area contributed by atoms with Gasteiger partial charge in [-0.25, -0.2) is 4.98 Å². The average molecular weight is 391 g/mol. The summed E-state index contributed by atoms with van der Waals surface area (Å²) in [5.41, 5.74) is 0. The molecule has 1 aromatic rings. The highest BCUT2D eigenvalue weighted by Gasteiger charge is 2.17. The molecule has 0 saturated heterocycles. The van der Waals surface area contributed by atoms with Gasteiger partial charge >= 0.3 is 0 Å². The number of unbranched alkanes of at least 4 members (excludes halogenated alkanes) is 12. The molecule has 0 radical (unpaired) electrons. The molecule has 0 aliphatic rings.